The Labute approximate surface area is 102 Å². The number of amides is 1. The number of hydrogen-bond donors (Lipinski definition) is 1. The second-order valence-electron chi connectivity index (χ2n) is 4.48. The van der Waals surface area contributed by atoms with Crippen molar-refractivity contribution < 1.29 is 9.21 Å². The van der Waals surface area contributed by atoms with Gasteiger partial charge >= 0.3 is 0 Å². The molecule has 1 N–H and O–H groups in total. The molecule has 1 aromatic heterocycles. The number of furan rings is 1. The summed E-state index contributed by atoms with van der Waals surface area (Å²) in [7, 11) is 0. The minimum Gasteiger partial charge on any atom is -0.459 e. The lowest BCUT2D eigenvalue weighted by molar-refractivity contribution is 0.0616. The van der Waals surface area contributed by atoms with Crippen molar-refractivity contribution in [2.75, 3.05) is 19.6 Å². The number of rotatable bonds is 4. The van der Waals surface area contributed by atoms with Crippen LogP contribution in [0.1, 0.15) is 36.7 Å². The van der Waals surface area contributed by atoms with Crippen LogP contribution in [0.5, 0.6) is 0 Å². The first-order chi connectivity index (χ1) is 8.33. The van der Waals surface area contributed by atoms with Gasteiger partial charge in [0.25, 0.3) is 5.91 Å². The van der Waals surface area contributed by atoms with E-state index in [9.17, 15) is 4.79 Å². The van der Waals surface area contributed by atoms with E-state index in [1.54, 1.807) is 18.4 Å². The van der Waals surface area contributed by atoms with Gasteiger partial charge in [-0.1, -0.05) is 6.92 Å². The van der Waals surface area contributed by atoms with Crippen LogP contribution in [0.4, 0.5) is 0 Å². The SMILES string of the molecule is CCCN(C(=O)c1ccco1)C1CCCNC1. The highest BCUT2D eigenvalue weighted by Gasteiger charge is 2.26. The Hall–Kier alpha value is -1.29. The Morgan fingerprint density at radius 2 is 2.53 bits per heavy atom. The largest absolute Gasteiger partial charge is 0.459 e. The van der Waals surface area contributed by atoms with E-state index in [0.717, 1.165) is 38.9 Å². The Balaban J connectivity index is 2.07. The second-order valence-corrected chi connectivity index (χ2v) is 4.48. The number of nitrogens with zero attached hydrogens (tertiary/aromatic N) is 1. The van der Waals surface area contributed by atoms with E-state index in [-0.39, 0.29) is 5.91 Å². The highest BCUT2D eigenvalue weighted by atomic mass is 16.3. The highest BCUT2D eigenvalue weighted by molar-refractivity contribution is 5.91. The van der Waals surface area contributed by atoms with Gasteiger partial charge in [0.1, 0.15) is 0 Å². The minimum atomic E-state index is 0.0190. The van der Waals surface area contributed by atoms with Crippen LogP contribution in [-0.4, -0.2) is 36.5 Å². The Morgan fingerprint density at radius 3 is 3.12 bits per heavy atom. The van der Waals surface area contributed by atoms with Gasteiger partial charge in [0.15, 0.2) is 5.76 Å². The third kappa shape index (κ3) is 2.88. The molecule has 1 aliphatic heterocycles. The quantitative estimate of drug-likeness (QED) is 0.868. The van der Waals surface area contributed by atoms with Crippen molar-refractivity contribution in [1.29, 1.82) is 0 Å². The molecular weight excluding hydrogens is 216 g/mol. The maximum atomic E-state index is 12.3. The zero-order valence-electron chi connectivity index (χ0n) is 10.3. The zero-order valence-corrected chi connectivity index (χ0v) is 10.3. The molecule has 0 aromatic carbocycles. The first-order valence-corrected chi connectivity index (χ1v) is 6.38. The summed E-state index contributed by atoms with van der Waals surface area (Å²) in [4.78, 5) is 14.2. The molecule has 17 heavy (non-hydrogen) atoms. The summed E-state index contributed by atoms with van der Waals surface area (Å²) in [6, 6.07) is 3.80. The van der Waals surface area contributed by atoms with Crippen molar-refractivity contribution in [2.24, 2.45) is 0 Å². The van der Waals surface area contributed by atoms with E-state index in [2.05, 4.69) is 12.2 Å². The molecular formula is C13H20N2O2. The van der Waals surface area contributed by atoms with Gasteiger partial charge in [-0.3, -0.25) is 4.79 Å². The van der Waals surface area contributed by atoms with E-state index in [1.165, 1.54) is 0 Å². The molecule has 1 fully saturated rings. The van der Waals surface area contributed by atoms with Crippen LogP contribution in [0.2, 0.25) is 0 Å². The molecule has 0 aliphatic carbocycles. The van der Waals surface area contributed by atoms with Crippen molar-refractivity contribution in [3.8, 4) is 0 Å². The Morgan fingerprint density at radius 1 is 1.65 bits per heavy atom. The molecule has 0 spiro atoms. The van der Waals surface area contributed by atoms with Gasteiger partial charge in [-0.25, -0.2) is 0 Å². The smallest absolute Gasteiger partial charge is 0.289 e. The van der Waals surface area contributed by atoms with Crippen molar-refractivity contribution in [2.45, 2.75) is 32.2 Å². The summed E-state index contributed by atoms with van der Waals surface area (Å²) in [6.45, 7) is 4.85. The summed E-state index contributed by atoms with van der Waals surface area (Å²) in [5.41, 5.74) is 0. The molecule has 0 bridgehead atoms. The van der Waals surface area contributed by atoms with Gasteiger partial charge in [0, 0.05) is 19.1 Å². The lowest BCUT2D eigenvalue weighted by atomic mass is 10.1. The van der Waals surface area contributed by atoms with Gasteiger partial charge in [0.05, 0.1) is 6.26 Å². The maximum absolute atomic E-state index is 12.3. The van der Waals surface area contributed by atoms with Crippen LogP contribution in [0.3, 0.4) is 0 Å². The number of piperidine rings is 1. The molecule has 2 heterocycles. The van der Waals surface area contributed by atoms with Crippen molar-refractivity contribution in [3.63, 3.8) is 0 Å². The summed E-state index contributed by atoms with van der Waals surface area (Å²) < 4.78 is 5.20. The number of nitrogens with one attached hydrogen (secondary N) is 1. The summed E-state index contributed by atoms with van der Waals surface area (Å²) in [5, 5.41) is 3.35. The first kappa shape index (κ1) is 12.2. The molecule has 0 radical (unpaired) electrons. The van der Waals surface area contributed by atoms with Gasteiger partial charge in [0.2, 0.25) is 0 Å². The highest BCUT2D eigenvalue weighted by Crippen LogP contribution is 2.15. The van der Waals surface area contributed by atoms with Gasteiger partial charge < -0.3 is 14.6 Å². The molecule has 0 saturated carbocycles. The molecule has 1 aliphatic rings. The molecule has 1 saturated heterocycles. The fourth-order valence-corrected chi connectivity index (χ4v) is 2.33. The first-order valence-electron chi connectivity index (χ1n) is 6.38. The van der Waals surface area contributed by atoms with E-state index in [1.807, 2.05) is 4.90 Å². The van der Waals surface area contributed by atoms with Crippen LogP contribution in [0.25, 0.3) is 0 Å². The normalized spacial score (nSPS) is 20.2. The molecule has 1 aromatic rings. The lowest BCUT2D eigenvalue weighted by Gasteiger charge is -2.34. The third-order valence-electron chi connectivity index (χ3n) is 3.17. The standard InChI is InChI=1S/C13H20N2O2/c1-2-8-15(11-5-3-7-14-10-11)13(16)12-6-4-9-17-12/h4,6,9,11,14H,2-3,5,7-8,10H2,1H3. The van der Waals surface area contributed by atoms with Crippen molar-refractivity contribution >= 4 is 5.91 Å². The molecule has 1 amide bonds. The average Bonchev–Trinajstić information content (AvgIpc) is 2.90. The molecule has 94 valence electrons. The summed E-state index contributed by atoms with van der Waals surface area (Å²) >= 11 is 0. The topological polar surface area (TPSA) is 45.5 Å². The Kier molecular flexibility index (Phi) is 4.20. The number of carbonyl (C=O) groups is 1. The van der Waals surface area contributed by atoms with Gasteiger partial charge in [-0.2, -0.15) is 0 Å². The molecule has 1 atom stereocenters. The number of hydrogen-bond acceptors (Lipinski definition) is 3. The van der Waals surface area contributed by atoms with Crippen LogP contribution < -0.4 is 5.32 Å². The van der Waals surface area contributed by atoms with Crippen LogP contribution >= 0.6 is 0 Å². The van der Waals surface area contributed by atoms with E-state index < -0.39 is 0 Å². The molecule has 1 unspecified atom stereocenters. The summed E-state index contributed by atoms with van der Waals surface area (Å²) in [6.07, 6.45) is 4.75. The van der Waals surface area contributed by atoms with Gasteiger partial charge in [-0.05, 0) is 37.9 Å². The van der Waals surface area contributed by atoms with Crippen molar-refractivity contribution in [1.82, 2.24) is 10.2 Å². The van der Waals surface area contributed by atoms with Crippen molar-refractivity contribution in [3.05, 3.63) is 24.2 Å². The third-order valence-corrected chi connectivity index (χ3v) is 3.17. The Bertz CT molecular complexity index is 342. The predicted octanol–water partition coefficient (Wildman–Crippen LogP) is 1.88. The second kappa shape index (κ2) is 5.87. The van der Waals surface area contributed by atoms with Gasteiger partial charge in [-0.15, -0.1) is 0 Å². The lowest BCUT2D eigenvalue weighted by Crippen LogP contribution is -2.48. The summed E-state index contributed by atoms with van der Waals surface area (Å²) in [5.74, 6) is 0.467. The molecule has 2 rings (SSSR count). The van der Waals surface area contributed by atoms with E-state index >= 15 is 0 Å². The minimum absolute atomic E-state index is 0.0190. The number of carbonyl (C=O) groups excluding carboxylic acids is 1. The zero-order chi connectivity index (χ0) is 12.1. The maximum Gasteiger partial charge on any atom is 0.289 e. The fourth-order valence-electron chi connectivity index (χ4n) is 2.33. The predicted molar refractivity (Wildman–Crippen MR) is 65.9 cm³/mol. The van der Waals surface area contributed by atoms with Crippen LogP contribution in [0, 0.1) is 0 Å². The average molecular weight is 236 g/mol. The molecule has 4 nitrogen and oxygen atoms in total. The monoisotopic (exact) mass is 236 g/mol. The van der Waals surface area contributed by atoms with Crippen LogP contribution in [0.15, 0.2) is 22.8 Å². The molecule has 4 heteroatoms. The van der Waals surface area contributed by atoms with E-state index in [0.29, 0.717) is 11.8 Å². The van der Waals surface area contributed by atoms with Crippen LogP contribution in [-0.2, 0) is 0 Å². The van der Waals surface area contributed by atoms with E-state index in [4.69, 9.17) is 4.42 Å². The fraction of sp³-hybridized carbons (Fsp3) is 0.615.